The molecule has 0 bridgehead atoms. The van der Waals surface area contributed by atoms with Gasteiger partial charge in [0.15, 0.2) is 0 Å². The Morgan fingerprint density at radius 3 is 2.76 bits per heavy atom. The quantitative estimate of drug-likeness (QED) is 0.832. The molecule has 0 fully saturated rings. The van der Waals surface area contributed by atoms with E-state index in [2.05, 4.69) is 4.74 Å². The predicted octanol–water partition coefficient (Wildman–Crippen LogP) is 1.97. The molecule has 0 saturated heterocycles. The van der Waals surface area contributed by atoms with Crippen molar-refractivity contribution in [3.8, 4) is 6.07 Å². The van der Waals surface area contributed by atoms with Gasteiger partial charge in [0.25, 0.3) is 0 Å². The first kappa shape index (κ1) is 13.5. The van der Waals surface area contributed by atoms with Crippen LogP contribution in [0.4, 0.5) is 0 Å². The van der Waals surface area contributed by atoms with E-state index in [4.69, 9.17) is 22.6 Å². The van der Waals surface area contributed by atoms with Crippen molar-refractivity contribution >= 4 is 17.6 Å². The number of ether oxygens (including phenoxy) is 1. The molecule has 1 aromatic rings. The van der Waals surface area contributed by atoms with Gasteiger partial charge in [-0.15, -0.1) is 0 Å². The maximum atomic E-state index is 11.8. The Hall–Kier alpha value is -1.57. The van der Waals surface area contributed by atoms with Gasteiger partial charge >= 0.3 is 5.97 Å². The van der Waals surface area contributed by atoms with Gasteiger partial charge in [0, 0.05) is 17.0 Å². The van der Waals surface area contributed by atoms with Crippen LogP contribution in [0.25, 0.3) is 0 Å². The largest absolute Gasteiger partial charge is 0.467 e. The molecule has 0 spiro atoms. The zero-order chi connectivity index (χ0) is 12.9. The summed E-state index contributed by atoms with van der Waals surface area (Å²) in [6.45, 7) is 0. The van der Waals surface area contributed by atoms with Gasteiger partial charge in [-0.1, -0.05) is 29.8 Å². The summed E-state index contributed by atoms with van der Waals surface area (Å²) in [5.74, 6) is -0.596. The molecule has 5 heteroatoms. The number of hydrogen-bond donors (Lipinski definition) is 1. The maximum absolute atomic E-state index is 11.8. The van der Waals surface area contributed by atoms with Crippen LogP contribution in [0.1, 0.15) is 18.4 Å². The molecule has 90 valence electrons. The van der Waals surface area contributed by atoms with Gasteiger partial charge in [-0.2, -0.15) is 5.26 Å². The molecule has 4 nitrogen and oxygen atoms in total. The van der Waals surface area contributed by atoms with Crippen LogP contribution < -0.4 is 5.73 Å². The molecular formula is C12H13ClN2O2. The molecule has 1 unspecified atom stereocenters. The summed E-state index contributed by atoms with van der Waals surface area (Å²) < 4.78 is 4.69. The minimum atomic E-state index is -1.37. The van der Waals surface area contributed by atoms with E-state index < -0.39 is 11.5 Å². The highest BCUT2D eigenvalue weighted by Crippen LogP contribution is 2.30. The molecule has 0 amide bonds. The Kier molecular flexibility index (Phi) is 4.50. The Morgan fingerprint density at radius 1 is 1.59 bits per heavy atom. The zero-order valence-electron chi connectivity index (χ0n) is 9.44. The SMILES string of the molecule is COC(=O)C(N)(CCC#N)c1ccccc1Cl. The smallest absolute Gasteiger partial charge is 0.330 e. The lowest BCUT2D eigenvalue weighted by Gasteiger charge is -2.26. The highest BCUT2D eigenvalue weighted by atomic mass is 35.5. The van der Waals surface area contributed by atoms with Crippen LogP contribution in [0.5, 0.6) is 0 Å². The van der Waals surface area contributed by atoms with Gasteiger partial charge in [-0.05, 0) is 12.5 Å². The van der Waals surface area contributed by atoms with Gasteiger partial charge in [0.05, 0.1) is 13.2 Å². The number of nitrogens with zero attached hydrogens (tertiary/aromatic N) is 1. The molecule has 0 aliphatic carbocycles. The third kappa shape index (κ3) is 2.76. The Labute approximate surface area is 105 Å². The van der Waals surface area contributed by atoms with Crippen molar-refractivity contribution in [2.45, 2.75) is 18.4 Å². The van der Waals surface area contributed by atoms with Crippen molar-refractivity contribution in [2.24, 2.45) is 5.73 Å². The van der Waals surface area contributed by atoms with Crippen LogP contribution in [-0.4, -0.2) is 13.1 Å². The van der Waals surface area contributed by atoms with Crippen LogP contribution in [0.3, 0.4) is 0 Å². The summed E-state index contributed by atoms with van der Waals surface area (Å²) in [5, 5.41) is 9.00. The van der Waals surface area contributed by atoms with E-state index in [9.17, 15) is 4.79 Å². The number of benzene rings is 1. The highest BCUT2D eigenvalue weighted by molar-refractivity contribution is 6.31. The molecule has 0 saturated carbocycles. The average molecular weight is 253 g/mol. The summed E-state index contributed by atoms with van der Waals surface area (Å²) in [6, 6.07) is 8.75. The first-order valence-electron chi connectivity index (χ1n) is 5.05. The molecule has 1 atom stereocenters. The number of esters is 1. The third-order valence-electron chi connectivity index (χ3n) is 2.54. The topological polar surface area (TPSA) is 76.1 Å². The first-order valence-corrected chi connectivity index (χ1v) is 5.43. The first-order chi connectivity index (χ1) is 8.06. The molecular weight excluding hydrogens is 240 g/mol. The normalized spacial score (nSPS) is 13.5. The predicted molar refractivity (Wildman–Crippen MR) is 64.2 cm³/mol. The molecule has 0 aliphatic rings. The molecule has 0 aliphatic heterocycles. The van der Waals surface area contributed by atoms with E-state index in [1.807, 2.05) is 6.07 Å². The highest BCUT2D eigenvalue weighted by Gasteiger charge is 2.38. The summed E-state index contributed by atoms with van der Waals surface area (Å²) in [7, 11) is 1.26. The van der Waals surface area contributed by atoms with Gasteiger partial charge in [-0.25, -0.2) is 4.79 Å². The van der Waals surface area contributed by atoms with E-state index in [1.54, 1.807) is 24.3 Å². The molecule has 0 radical (unpaired) electrons. The fourth-order valence-electron chi connectivity index (χ4n) is 1.60. The fourth-order valence-corrected chi connectivity index (χ4v) is 1.91. The van der Waals surface area contributed by atoms with Gasteiger partial charge in [0.1, 0.15) is 5.54 Å². The number of carbonyl (C=O) groups is 1. The van der Waals surface area contributed by atoms with Crippen molar-refractivity contribution < 1.29 is 9.53 Å². The van der Waals surface area contributed by atoms with Crippen LogP contribution in [0.2, 0.25) is 5.02 Å². The minimum Gasteiger partial charge on any atom is -0.467 e. The van der Waals surface area contributed by atoms with Crippen molar-refractivity contribution in [2.75, 3.05) is 7.11 Å². The number of nitrogens with two attached hydrogens (primary N) is 1. The summed E-state index contributed by atoms with van der Waals surface area (Å²) in [4.78, 5) is 11.8. The standard InChI is InChI=1S/C12H13ClN2O2/c1-17-11(16)12(15,7-4-8-14)9-5-2-3-6-10(9)13/h2-3,5-6H,4,7,15H2,1H3. The Bertz CT molecular complexity index is 456. The lowest BCUT2D eigenvalue weighted by atomic mass is 9.86. The van der Waals surface area contributed by atoms with Gasteiger partial charge in [0.2, 0.25) is 0 Å². The van der Waals surface area contributed by atoms with Crippen molar-refractivity contribution in [1.29, 1.82) is 5.26 Å². The van der Waals surface area contributed by atoms with Crippen LogP contribution in [-0.2, 0) is 15.1 Å². The maximum Gasteiger partial charge on any atom is 0.330 e. The Balaban J connectivity index is 3.20. The fraction of sp³-hybridized carbons (Fsp3) is 0.333. The monoisotopic (exact) mass is 252 g/mol. The van der Waals surface area contributed by atoms with Crippen molar-refractivity contribution in [3.63, 3.8) is 0 Å². The van der Waals surface area contributed by atoms with Crippen molar-refractivity contribution in [3.05, 3.63) is 34.9 Å². The number of nitriles is 1. The van der Waals surface area contributed by atoms with E-state index in [1.165, 1.54) is 7.11 Å². The number of hydrogen-bond acceptors (Lipinski definition) is 4. The number of carbonyl (C=O) groups excluding carboxylic acids is 1. The van der Waals surface area contributed by atoms with E-state index in [-0.39, 0.29) is 12.8 Å². The van der Waals surface area contributed by atoms with Gasteiger partial charge < -0.3 is 10.5 Å². The van der Waals surface area contributed by atoms with E-state index in [0.29, 0.717) is 10.6 Å². The second-order valence-corrected chi connectivity index (χ2v) is 4.01. The molecule has 0 heterocycles. The summed E-state index contributed by atoms with van der Waals surface area (Å²) >= 11 is 6.02. The Morgan fingerprint density at radius 2 is 2.24 bits per heavy atom. The van der Waals surface area contributed by atoms with Crippen LogP contribution in [0, 0.1) is 11.3 Å². The number of rotatable bonds is 4. The lowest BCUT2D eigenvalue weighted by molar-refractivity contribution is -0.147. The molecule has 17 heavy (non-hydrogen) atoms. The third-order valence-corrected chi connectivity index (χ3v) is 2.86. The number of halogens is 1. The average Bonchev–Trinajstić information content (AvgIpc) is 2.35. The van der Waals surface area contributed by atoms with E-state index in [0.717, 1.165) is 0 Å². The second-order valence-electron chi connectivity index (χ2n) is 3.60. The summed E-state index contributed by atoms with van der Waals surface area (Å²) in [5.41, 5.74) is 5.15. The lowest BCUT2D eigenvalue weighted by Crippen LogP contribution is -2.45. The number of methoxy groups -OCH3 is 1. The molecule has 0 aromatic heterocycles. The summed E-state index contributed by atoms with van der Waals surface area (Å²) in [6.07, 6.45) is 0.316. The van der Waals surface area contributed by atoms with E-state index >= 15 is 0 Å². The van der Waals surface area contributed by atoms with Gasteiger partial charge in [-0.3, -0.25) is 0 Å². The molecule has 1 aromatic carbocycles. The van der Waals surface area contributed by atoms with Crippen molar-refractivity contribution in [1.82, 2.24) is 0 Å². The molecule has 1 rings (SSSR count). The molecule has 2 N–H and O–H groups in total. The van der Waals surface area contributed by atoms with Crippen LogP contribution >= 0.6 is 11.6 Å². The minimum absolute atomic E-state index is 0.150. The second kappa shape index (κ2) is 5.67. The zero-order valence-corrected chi connectivity index (χ0v) is 10.2. The van der Waals surface area contributed by atoms with Crippen LogP contribution in [0.15, 0.2) is 24.3 Å².